The Kier molecular flexibility index (Phi) is 4.31. The molecule has 0 saturated carbocycles. The first-order valence-electron chi connectivity index (χ1n) is 5.56. The van der Waals surface area contributed by atoms with Crippen molar-refractivity contribution in [3.05, 3.63) is 38.4 Å². The number of halogens is 1. The molecule has 6 heteroatoms. The third-order valence-electron chi connectivity index (χ3n) is 2.56. The molecule has 0 amide bonds. The zero-order valence-corrected chi connectivity index (χ0v) is 12.8. The minimum absolute atomic E-state index is 0.474. The number of pyridine rings is 1. The maximum atomic E-state index is 5.75. The quantitative estimate of drug-likeness (QED) is 0.938. The van der Waals surface area contributed by atoms with Gasteiger partial charge in [-0.3, -0.25) is 0 Å². The summed E-state index contributed by atoms with van der Waals surface area (Å²) in [6.07, 6.45) is 1.79. The van der Waals surface area contributed by atoms with Crippen LogP contribution < -0.4 is 10.6 Å². The number of anilines is 1. The van der Waals surface area contributed by atoms with Crippen LogP contribution in [0, 0.1) is 6.92 Å². The molecule has 2 aromatic heterocycles. The van der Waals surface area contributed by atoms with Crippen molar-refractivity contribution >= 4 is 33.1 Å². The van der Waals surface area contributed by atoms with Gasteiger partial charge in [0.25, 0.3) is 0 Å². The number of hydrogen-bond acceptors (Lipinski definition) is 5. The summed E-state index contributed by atoms with van der Waals surface area (Å²) in [4.78, 5) is 11.0. The van der Waals surface area contributed by atoms with Gasteiger partial charge in [-0.15, -0.1) is 11.3 Å². The third-order valence-corrected chi connectivity index (χ3v) is 3.81. The highest BCUT2D eigenvalue weighted by molar-refractivity contribution is 9.10. The van der Waals surface area contributed by atoms with Crippen molar-refractivity contribution in [1.82, 2.24) is 9.97 Å². The van der Waals surface area contributed by atoms with Crippen molar-refractivity contribution in [2.75, 3.05) is 11.9 Å². The van der Waals surface area contributed by atoms with Crippen molar-refractivity contribution in [2.45, 2.75) is 20.0 Å². The molecule has 0 aliphatic carbocycles. The lowest BCUT2D eigenvalue weighted by Gasteiger charge is -2.19. The summed E-state index contributed by atoms with van der Waals surface area (Å²) in [6.45, 7) is 3.23. The van der Waals surface area contributed by atoms with Crippen LogP contribution in [-0.4, -0.2) is 17.0 Å². The van der Waals surface area contributed by atoms with Crippen LogP contribution in [0.3, 0.4) is 0 Å². The van der Waals surface area contributed by atoms with Crippen LogP contribution in [0.25, 0.3) is 0 Å². The molecule has 0 unspecified atom stereocenters. The van der Waals surface area contributed by atoms with Gasteiger partial charge in [0.2, 0.25) is 0 Å². The van der Waals surface area contributed by atoms with Gasteiger partial charge in [0.15, 0.2) is 0 Å². The number of hydrogen-bond donors (Lipinski definition) is 1. The lowest BCUT2D eigenvalue weighted by molar-refractivity contribution is 0.853. The van der Waals surface area contributed by atoms with Crippen LogP contribution in [0.5, 0.6) is 0 Å². The van der Waals surface area contributed by atoms with Crippen LogP contribution in [-0.2, 0) is 13.1 Å². The van der Waals surface area contributed by atoms with Gasteiger partial charge in [-0.25, -0.2) is 9.97 Å². The number of nitrogens with zero attached hydrogens (tertiary/aromatic N) is 3. The zero-order valence-electron chi connectivity index (χ0n) is 10.4. The fraction of sp³-hybridized carbons (Fsp3) is 0.333. The van der Waals surface area contributed by atoms with Gasteiger partial charge in [0.1, 0.15) is 5.82 Å². The lowest BCUT2D eigenvalue weighted by atomic mass is 10.2. The van der Waals surface area contributed by atoms with Gasteiger partial charge >= 0.3 is 0 Å². The van der Waals surface area contributed by atoms with Crippen molar-refractivity contribution in [3.63, 3.8) is 0 Å². The predicted molar refractivity (Wildman–Crippen MR) is 78.8 cm³/mol. The molecule has 2 N–H and O–H groups in total. The summed E-state index contributed by atoms with van der Waals surface area (Å²) in [5, 5.41) is 3.16. The Morgan fingerprint density at radius 2 is 2.28 bits per heavy atom. The van der Waals surface area contributed by atoms with E-state index in [0.29, 0.717) is 6.54 Å². The maximum Gasteiger partial charge on any atom is 0.133 e. The third kappa shape index (κ3) is 3.07. The molecule has 0 saturated heterocycles. The van der Waals surface area contributed by atoms with Crippen molar-refractivity contribution < 1.29 is 0 Å². The zero-order chi connectivity index (χ0) is 13.1. The average molecular weight is 327 g/mol. The monoisotopic (exact) mass is 326 g/mol. The smallest absolute Gasteiger partial charge is 0.133 e. The fourth-order valence-electron chi connectivity index (χ4n) is 1.77. The van der Waals surface area contributed by atoms with E-state index < -0.39 is 0 Å². The van der Waals surface area contributed by atoms with Crippen molar-refractivity contribution in [3.8, 4) is 0 Å². The molecule has 0 radical (unpaired) electrons. The molecular formula is C12H15BrN4S. The molecule has 2 aromatic rings. The van der Waals surface area contributed by atoms with E-state index in [4.69, 9.17) is 5.73 Å². The largest absolute Gasteiger partial charge is 0.353 e. The molecule has 96 valence electrons. The molecule has 0 aliphatic heterocycles. The standard InChI is InChI=1S/C12H15BrN4S/c1-8-16-11(7-18-8)6-17(2)12-9(4-14)3-10(13)5-15-12/h3,5,7H,4,6,14H2,1-2H3. The molecule has 0 aromatic carbocycles. The summed E-state index contributed by atoms with van der Waals surface area (Å²) in [7, 11) is 2.00. The number of rotatable bonds is 4. The number of thiazole rings is 1. The Labute approximate surface area is 119 Å². The Bertz CT molecular complexity index is 541. The Balaban J connectivity index is 2.20. The summed E-state index contributed by atoms with van der Waals surface area (Å²) in [6, 6.07) is 2.01. The first kappa shape index (κ1) is 13.5. The Hall–Kier alpha value is -0.980. The highest BCUT2D eigenvalue weighted by Crippen LogP contribution is 2.22. The van der Waals surface area contributed by atoms with Gasteiger partial charge in [-0.1, -0.05) is 0 Å². The molecule has 2 rings (SSSR count). The summed E-state index contributed by atoms with van der Waals surface area (Å²) < 4.78 is 0.949. The van der Waals surface area contributed by atoms with Gasteiger partial charge in [0, 0.05) is 35.2 Å². The second kappa shape index (κ2) is 5.77. The topological polar surface area (TPSA) is 55.0 Å². The average Bonchev–Trinajstić information content (AvgIpc) is 2.74. The number of aromatic nitrogens is 2. The van der Waals surface area contributed by atoms with Crippen LogP contribution >= 0.6 is 27.3 Å². The van der Waals surface area contributed by atoms with Crippen LogP contribution in [0.15, 0.2) is 22.1 Å². The van der Waals surface area contributed by atoms with Gasteiger partial charge < -0.3 is 10.6 Å². The van der Waals surface area contributed by atoms with E-state index in [1.54, 1.807) is 17.5 Å². The Morgan fingerprint density at radius 1 is 1.50 bits per heavy atom. The van der Waals surface area contributed by atoms with Crippen LogP contribution in [0.2, 0.25) is 0 Å². The van der Waals surface area contributed by atoms with E-state index in [1.807, 2.05) is 20.0 Å². The van der Waals surface area contributed by atoms with E-state index in [1.165, 1.54) is 0 Å². The summed E-state index contributed by atoms with van der Waals surface area (Å²) in [5.41, 5.74) is 7.84. The molecule has 0 bridgehead atoms. The SMILES string of the molecule is Cc1nc(CN(C)c2ncc(Br)cc2CN)cs1. The predicted octanol–water partition coefficient (Wildman–Crippen LogP) is 2.70. The second-order valence-electron chi connectivity index (χ2n) is 4.05. The molecule has 4 nitrogen and oxygen atoms in total. The first-order valence-corrected chi connectivity index (χ1v) is 7.24. The van der Waals surface area contributed by atoms with Crippen LogP contribution in [0.1, 0.15) is 16.3 Å². The summed E-state index contributed by atoms with van der Waals surface area (Å²) in [5.74, 6) is 0.909. The second-order valence-corrected chi connectivity index (χ2v) is 6.03. The molecule has 18 heavy (non-hydrogen) atoms. The lowest BCUT2D eigenvalue weighted by Crippen LogP contribution is -2.20. The first-order chi connectivity index (χ1) is 8.60. The summed E-state index contributed by atoms with van der Waals surface area (Å²) >= 11 is 5.07. The maximum absolute atomic E-state index is 5.75. The van der Waals surface area contributed by atoms with Gasteiger partial charge in [-0.05, 0) is 28.9 Å². The molecule has 0 spiro atoms. The van der Waals surface area contributed by atoms with E-state index in [9.17, 15) is 0 Å². The van der Waals surface area contributed by atoms with E-state index in [2.05, 4.69) is 36.2 Å². The van der Waals surface area contributed by atoms with Crippen molar-refractivity contribution in [2.24, 2.45) is 5.73 Å². The molecule has 0 fully saturated rings. The Morgan fingerprint density at radius 3 is 2.89 bits per heavy atom. The molecule has 0 aliphatic rings. The highest BCUT2D eigenvalue weighted by atomic mass is 79.9. The minimum atomic E-state index is 0.474. The van der Waals surface area contributed by atoms with Crippen LogP contribution in [0.4, 0.5) is 5.82 Å². The fourth-order valence-corrected chi connectivity index (χ4v) is 2.75. The van der Waals surface area contributed by atoms with E-state index in [-0.39, 0.29) is 0 Å². The van der Waals surface area contributed by atoms with E-state index >= 15 is 0 Å². The van der Waals surface area contributed by atoms with Crippen molar-refractivity contribution in [1.29, 1.82) is 0 Å². The molecule has 2 heterocycles. The normalized spacial score (nSPS) is 10.7. The van der Waals surface area contributed by atoms with E-state index in [0.717, 1.165) is 33.1 Å². The van der Waals surface area contributed by atoms with Gasteiger partial charge in [-0.2, -0.15) is 0 Å². The van der Waals surface area contributed by atoms with Gasteiger partial charge in [0.05, 0.1) is 17.2 Å². The molecular weight excluding hydrogens is 312 g/mol. The highest BCUT2D eigenvalue weighted by Gasteiger charge is 2.10. The minimum Gasteiger partial charge on any atom is -0.353 e. The number of aryl methyl sites for hydroxylation is 1. The molecule has 0 atom stereocenters. The number of nitrogens with two attached hydrogens (primary N) is 1.